The van der Waals surface area contributed by atoms with Crippen molar-refractivity contribution in [3.8, 4) is 5.75 Å². The molecular weight excluding hydrogens is 550 g/mol. The highest BCUT2D eigenvalue weighted by molar-refractivity contribution is 6.30. The van der Waals surface area contributed by atoms with Crippen LogP contribution in [0.1, 0.15) is 89.8 Å². The van der Waals surface area contributed by atoms with Gasteiger partial charge in [-0.2, -0.15) is 0 Å². The molecule has 0 radical (unpaired) electrons. The number of carbonyl (C=O) groups is 2. The molecule has 7 heteroatoms. The summed E-state index contributed by atoms with van der Waals surface area (Å²) in [5.74, 6) is -1.53. The Labute approximate surface area is 256 Å². The molecule has 0 unspecified atom stereocenters. The second kappa shape index (κ2) is 12.8. The third-order valence-corrected chi connectivity index (χ3v) is 8.97. The number of ketones is 1. The third kappa shape index (κ3) is 6.70. The maximum atomic E-state index is 13.1. The number of fused-ring (bicyclic) bond motifs is 3. The predicted octanol–water partition coefficient (Wildman–Crippen LogP) is 7.31. The Hall–Kier alpha value is -2.83. The number of hydrogen-bond donors (Lipinski definition) is 1. The summed E-state index contributed by atoms with van der Waals surface area (Å²) < 4.78 is 12.1. The number of ether oxygens (including phenoxy) is 2. The van der Waals surface area contributed by atoms with Crippen molar-refractivity contribution in [2.24, 2.45) is 5.92 Å². The SMILES string of the molecule is C=CCCCCCN1C[C@@]2(CCCc3cc(Cl)ccc32)COc2ccc([C@@](O)(C(C)=O)[C@H](C)C(=O)OC(C)(C)C)cc21. The number of aliphatic hydroxyl groups is 1. The quantitative estimate of drug-likeness (QED) is 0.176. The maximum Gasteiger partial charge on any atom is 0.312 e. The van der Waals surface area contributed by atoms with Gasteiger partial charge in [-0.1, -0.05) is 36.2 Å². The minimum Gasteiger partial charge on any atom is -0.490 e. The second-order valence-corrected chi connectivity index (χ2v) is 13.5. The fourth-order valence-electron chi connectivity index (χ4n) is 6.47. The van der Waals surface area contributed by atoms with E-state index in [2.05, 4.69) is 23.6 Å². The number of Topliss-reactive ketones (excluding diaryl/α,β-unsaturated/α-hetero) is 1. The molecule has 228 valence electrons. The first kappa shape index (κ1) is 32.1. The summed E-state index contributed by atoms with van der Waals surface area (Å²) in [7, 11) is 0. The molecule has 1 heterocycles. The van der Waals surface area contributed by atoms with Crippen LogP contribution in [0.25, 0.3) is 0 Å². The molecule has 0 saturated carbocycles. The van der Waals surface area contributed by atoms with E-state index >= 15 is 0 Å². The number of esters is 1. The number of anilines is 1. The van der Waals surface area contributed by atoms with Crippen molar-refractivity contribution in [3.05, 3.63) is 70.8 Å². The van der Waals surface area contributed by atoms with Gasteiger partial charge in [0, 0.05) is 23.5 Å². The molecule has 1 aliphatic carbocycles. The molecule has 2 aromatic rings. The molecule has 3 atom stereocenters. The van der Waals surface area contributed by atoms with Gasteiger partial charge in [-0.25, -0.2) is 0 Å². The number of hydrogen-bond acceptors (Lipinski definition) is 6. The van der Waals surface area contributed by atoms with Crippen molar-refractivity contribution in [1.82, 2.24) is 0 Å². The van der Waals surface area contributed by atoms with Crippen molar-refractivity contribution >= 4 is 29.0 Å². The van der Waals surface area contributed by atoms with E-state index in [0.29, 0.717) is 17.9 Å². The summed E-state index contributed by atoms with van der Waals surface area (Å²) in [6, 6.07) is 11.6. The van der Waals surface area contributed by atoms with E-state index in [-0.39, 0.29) is 5.41 Å². The van der Waals surface area contributed by atoms with Crippen LogP contribution in [0.4, 0.5) is 5.69 Å². The number of unbranched alkanes of at least 4 members (excludes halogenated alkanes) is 3. The van der Waals surface area contributed by atoms with Crippen LogP contribution in [0.3, 0.4) is 0 Å². The van der Waals surface area contributed by atoms with Crippen LogP contribution in [0.5, 0.6) is 5.75 Å². The maximum absolute atomic E-state index is 13.1. The van der Waals surface area contributed by atoms with Gasteiger partial charge in [-0.15, -0.1) is 6.58 Å². The molecule has 0 amide bonds. The second-order valence-electron chi connectivity index (χ2n) is 13.0. The zero-order valence-electron chi connectivity index (χ0n) is 25.8. The lowest BCUT2D eigenvalue weighted by Gasteiger charge is -2.41. The van der Waals surface area contributed by atoms with Crippen LogP contribution in [-0.4, -0.2) is 42.2 Å². The molecule has 0 bridgehead atoms. The molecule has 0 aromatic heterocycles. The fourth-order valence-corrected chi connectivity index (χ4v) is 6.67. The van der Waals surface area contributed by atoms with Crippen LogP contribution in [-0.2, 0) is 31.8 Å². The van der Waals surface area contributed by atoms with Gasteiger partial charge in [0.05, 0.1) is 18.2 Å². The zero-order valence-corrected chi connectivity index (χ0v) is 26.6. The van der Waals surface area contributed by atoms with Gasteiger partial charge in [0.1, 0.15) is 11.4 Å². The molecule has 1 aliphatic heterocycles. The number of allylic oxidation sites excluding steroid dienone is 1. The highest BCUT2D eigenvalue weighted by atomic mass is 35.5. The number of aryl methyl sites for hydroxylation is 1. The Balaban J connectivity index is 1.75. The van der Waals surface area contributed by atoms with Gasteiger partial charge in [0.2, 0.25) is 0 Å². The van der Waals surface area contributed by atoms with E-state index in [1.807, 2.05) is 24.3 Å². The van der Waals surface area contributed by atoms with Gasteiger partial charge in [-0.05, 0) is 114 Å². The summed E-state index contributed by atoms with van der Waals surface area (Å²) in [5, 5.41) is 12.6. The zero-order chi connectivity index (χ0) is 30.7. The number of halogens is 1. The fraction of sp³-hybridized carbons (Fsp3) is 0.543. The Bertz CT molecular complexity index is 1320. The Morgan fingerprint density at radius 2 is 1.95 bits per heavy atom. The van der Waals surface area contributed by atoms with Crippen molar-refractivity contribution < 1.29 is 24.2 Å². The first-order chi connectivity index (χ1) is 19.8. The van der Waals surface area contributed by atoms with Crippen molar-refractivity contribution in [2.75, 3.05) is 24.6 Å². The molecule has 1 N–H and O–H groups in total. The first-order valence-electron chi connectivity index (χ1n) is 15.2. The van der Waals surface area contributed by atoms with E-state index in [0.717, 1.165) is 68.7 Å². The number of benzene rings is 2. The normalized spacial score (nSPS) is 20.4. The summed E-state index contributed by atoms with van der Waals surface area (Å²) in [4.78, 5) is 28.5. The summed E-state index contributed by atoms with van der Waals surface area (Å²) in [6.07, 6.45) is 9.07. The summed E-state index contributed by atoms with van der Waals surface area (Å²) >= 11 is 6.38. The number of rotatable bonds is 10. The average molecular weight is 596 g/mol. The lowest BCUT2D eigenvalue weighted by molar-refractivity contribution is -0.173. The molecule has 4 rings (SSSR count). The summed E-state index contributed by atoms with van der Waals surface area (Å²) in [5.41, 5.74) is 0.713. The molecular formula is C35H46ClNO5. The topological polar surface area (TPSA) is 76.1 Å². The monoisotopic (exact) mass is 595 g/mol. The van der Waals surface area contributed by atoms with E-state index in [1.165, 1.54) is 18.1 Å². The minimum atomic E-state index is -2.05. The molecule has 2 aromatic carbocycles. The average Bonchev–Trinajstić information content (AvgIpc) is 3.08. The lowest BCUT2D eigenvalue weighted by atomic mass is 9.70. The van der Waals surface area contributed by atoms with Gasteiger partial charge < -0.3 is 19.5 Å². The Morgan fingerprint density at radius 1 is 1.19 bits per heavy atom. The smallest absolute Gasteiger partial charge is 0.312 e. The molecule has 0 fully saturated rings. The minimum absolute atomic E-state index is 0.223. The van der Waals surface area contributed by atoms with E-state index in [4.69, 9.17) is 21.1 Å². The molecule has 0 saturated heterocycles. The highest BCUT2D eigenvalue weighted by Gasteiger charge is 2.47. The molecule has 1 spiro atoms. The Morgan fingerprint density at radius 3 is 2.64 bits per heavy atom. The van der Waals surface area contributed by atoms with E-state index < -0.39 is 28.9 Å². The number of carbonyl (C=O) groups excluding carboxylic acids is 2. The third-order valence-electron chi connectivity index (χ3n) is 8.74. The first-order valence-corrected chi connectivity index (χ1v) is 15.6. The Kier molecular flexibility index (Phi) is 9.79. The molecule has 2 aliphatic rings. The highest BCUT2D eigenvalue weighted by Crippen LogP contribution is 2.46. The van der Waals surface area contributed by atoms with Gasteiger partial charge in [0.25, 0.3) is 0 Å². The van der Waals surface area contributed by atoms with Crippen LogP contribution >= 0.6 is 11.6 Å². The predicted molar refractivity (Wildman–Crippen MR) is 168 cm³/mol. The number of nitrogens with zero attached hydrogens (tertiary/aromatic N) is 1. The summed E-state index contributed by atoms with van der Waals surface area (Å²) in [6.45, 7) is 14.1. The van der Waals surface area contributed by atoms with Crippen LogP contribution in [0.2, 0.25) is 5.02 Å². The van der Waals surface area contributed by atoms with Crippen LogP contribution in [0, 0.1) is 5.92 Å². The van der Waals surface area contributed by atoms with Gasteiger partial charge in [0.15, 0.2) is 11.4 Å². The van der Waals surface area contributed by atoms with Crippen LogP contribution < -0.4 is 9.64 Å². The lowest BCUT2D eigenvalue weighted by Crippen LogP contribution is -2.47. The van der Waals surface area contributed by atoms with E-state index in [9.17, 15) is 14.7 Å². The van der Waals surface area contributed by atoms with Crippen molar-refractivity contribution in [3.63, 3.8) is 0 Å². The van der Waals surface area contributed by atoms with Crippen molar-refractivity contribution in [1.29, 1.82) is 0 Å². The standard InChI is InChI=1S/C35H46ClNO5/c1-7-8-9-10-11-19-37-22-34(18-12-13-26-20-28(36)15-16-29(26)34)23-41-31-17-14-27(21-30(31)37)35(40,25(3)38)24(2)32(39)42-33(4,5)6/h7,14-17,20-21,24,40H,1,8-13,18-19,22-23H2,2-6H3/t24-,34+,35+/m1/s1. The van der Waals surface area contributed by atoms with Gasteiger partial charge in [-0.3, -0.25) is 9.59 Å². The molecule has 42 heavy (non-hydrogen) atoms. The largest absolute Gasteiger partial charge is 0.490 e. The van der Waals surface area contributed by atoms with Gasteiger partial charge >= 0.3 is 5.97 Å². The molecule has 6 nitrogen and oxygen atoms in total. The van der Waals surface area contributed by atoms with Crippen LogP contribution in [0.15, 0.2) is 49.1 Å². The van der Waals surface area contributed by atoms with Crippen molar-refractivity contribution in [2.45, 2.75) is 96.2 Å². The van der Waals surface area contributed by atoms with E-state index in [1.54, 1.807) is 33.8 Å².